The highest BCUT2D eigenvalue weighted by Gasteiger charge is 2.47. The van der Waals surface area contributed by atoms with E-state index in [-0.39, 0.29) is 11.6 Å². The predicted octanol–water partition coefficient (Wildman–Crippen LogP) is 2.66. The number of rotatable bonds is 2. The van der Waals surface area contributed by atoms with Crippen molar-refractivity contribution >= 4 is 0 Å². The zero-order chi connectivity index (χ0) is 13.4. The Morgan fingerprint density at radius 3 is 2.17 bits per heavy atom. The summed E-state index contributed by atoms with van der Waals surface area (Å²) >= 11 is 0. The topological polar surface area (TPSA) is 66.5 Å². The second-order valence-corrected chi connectivity index (χ2v) is 5.34. The van der Waals surface area contributed by atoms with Crippen molar-refractivity contribution < 1.29 is 14.6 Å². The molecule has 0 spiro atoms. The van der Waals surface area contributed by atoms with Gasteiger partial charge in [-0.2, -0.15) is 0 Å². The minimum atomic E-state index is -1.34. The second kappa shape index (κ2) is 4.14. The van der Waals surface area contributed by atoms with Crippen LogP contribution in [0.2, 0.25) is 0 Å². The number of phenolic OH excluding ortho intramolecular Hbond substituents is 1. The molecule has 0 radical (unpaired) electrons. The highest BCUT2D eigenvalue weighted by molar-refractivity contribution is 5.35. The molecule has 1 atom stereocenters. The van der Waals surface area contributed by atoms with Crippen molar-refractivity contribution in [2.24, 2.45) is 5.41 Å². The van der Waals surface area contributed by atoms with E-state index in [9.17, 15) is 10.2 Å². The highest BCUT2D eigenvalue weighted by atomic mass is 16.4. The molecule has 1 aromatic heterocycles. The summed E-state index contributed by atoms with van der Waals surface area (Å²) in [6, 6.07) is 6.42. The van der Waals surface area contributed by atoms with Crippen LogP contribution in [0, 0.1) is 5.41 Å². The van der Waals surface area contributed by atoms with Crippen LogP contribution in [0.15, 0.2) is 41.1 Å². The van der Waals surface area contributed by atoms with Crippen molar-refractivity contribution in [3.63, 3.8) is 0 Å². The molecule has 0 amide bonds. The molecule has 0 aliphatic heterocycles. The molecule has 0 fully saturated rings. The number of nitrogens with zero attached hydrogens (tertiary/aromatic N) is 1. The third-order valence-electron chi connectivity index (χ3n) is 3.11. The Balaban J connectivity index is 2.60. The summed E-state index contributed by atoms with van der Waals surface area (Å²) in [5.41, 5.74) is -1.21. The molecule has 1 unspecified atom stereocenters. The number of oxazole rings is 1. The van der Waals surface area contributed by atoms with Crippen LogP contribution >= 0.6 is 0 Å². The summed E-state index contributed by atoms with van der Waals surface area (Å²) in [6.45, 7) is 5.72. The fourth-order valence-corrected chi connectivity index (χ4v) is 1.98. The van der Waals surface area contributed by atoms with E-state index in [2.05, 4.69) is 4.98 Å². The molecule has 0 saturated carbocycles. The van der Waals surface area contributed by atoms with Gasteiger partial charge in [0.1, 0.15) is 12.0 Å². The summed E-state index contributed by atoms with van der Waals surface area (Å²) < 4.78 is 5.29. The number of benzene rings is 1. The van der Waals surface area contributed by atoms with Crippen molar-refractivity contribution in [3.05, 3.63) is 48.2 Å². The van der Waals surface area contributed by atoms with Crippen molar-refractivity contribution in [1.29, 1.82) is 0 Å². The Hall–Kier alpha value is -1.81. The van der Waals surface area contributed by atoms with Crippen LogP contribution < -0.4 is 0 Å². The van der Waals surface area contributed by atoms with E-state index in [1.807, 2.05) is 20.8 Å². The average Bonchev–Trinajstić information content (AvgIpc) is 2.81. The minimum absolute atomic E-state index is 0.155. The third kappa shape index (κ3) is 1.88. The van der Waals surface area contributed by atoms with Crippen LogP contribution in [0.1, 0.15) is 32.2 Å². The number of aliphatic hydroxyl groups is 1. The first kappa shape index (κ1) is 12.6. The first-order chi connectivity index (χ1) is 8.35. The monoisotopic (exact) mass is 247 g/mol. The fourth-order valence-electron chi connectivity index (χ4n) is 1.98. The standard InChI is InChI=1S/C14H17NO3/c1-13(2,3)14(17,12-15-8-9-18-12)10-4-6-11(16)7-5-10/h4-9,16-17H,1-3H3. The van der Waals surface area contributed by atoms with Crippen LogP contribution in [-0.4, -0.2) is 15.2 Å². The van der Waals surface area contributed by atoms with Crippen LogP contribution in [0.25, 0.3) is 0 Å². The molecule has 0 bridgehead atoms. The Labute approximate surface area is 106 Å². The van der Waals surface area contributed by atoms with Gasteiger partial charge in [0.25, 0.3) is 0 Å². The minimum Gasteiger partial charge on any atom is -0.508 e. The van der Waals surface area contributed by atoms with Gasteiger partial charge < -0.3 is 14.6 Å². The van der Waals surface area contributed by atoms with Gasteiger partial charge in [-0.25, -0.2) is 4.98 Å². The molecular weight excluding hydrogens is 230 g/mol. The van der Waals surface area contributed by atoms with Crippen molar-refractivity contribution in [2.75, 3.05) is 0 Å². The van der Waals surface area contributed by atoms with E-state index < -0.39 is 11.0 Å². The van der Waals surface area contributed by atoms with E-state index in [1.165, 1.54) is 24.6 Å². The van der Waals surface area contributed by atoms with Crippen LogP contribution in [0.3, 0.4) is 0 Å². The number of hydrogen-bond donors (Lipinski definition) is 2. The lowest BCUT2D eigenvalue weighted by atomic mass is 9.72. The van der Waals surface area contributed by atoms with Crippen LogP contribution in [0.5, 0.6) is 5.75 Å². The Morgan fingerprint density at radius 2 is 1.72 bits per heavy atom. The molecule has 2 N–H and O–H groups in total. The Morgan fingerprint density at radius 1 is 1.11 bits per heavy atom. The molecule has 1 aromatic carbocycles. The zero-order valence-electron chi connectivity index (χ0n) is 10.7. The SMILES string of the molecule is CC(C)(C)C(O)(c1ccc(O)cc1)c1ncco1. The van der Waals surface area contributed by atoms with E-state index in [0.717, 1.165) is 0 Å². The molecule has 0 aliphatic rings. The Kier molecular flexibility index (Phi) is 2.91. The van der Waals surface area contributed by atoms with Crippen molar-refractivity contribution in [2.45, 2.75) is 26.4 Å². The quantitative estimate of drug-likeness (QED) is 0.856. The summed E-state index contributed by atoms with van der Waals surface area (Å²) in [6.07, 6.45) is 2.94. The van der Waals surface area contributed by atoms with E-state index in [0.29, 0.717) is 5.56 Å². The number of aromatic nitrogens is 1. The van der Waals surface area contributed by atoms with Gasteiger partial charge in [-0.15, -0.1) is 0 Å². The number of hydrogen-bond acceptors (Lipinski definition) is 4. The summed E-state index contributed by atoms with van der Waals surface area (Å²) in [4.78, 5) is 4.07. The maximum atomic E-state index is 11.0. The van der Waals surface area contributed by atoms with Gasteiger partial charge in [0.15, 0.2) is 5.60 Å². The normalized spacial score (nSPS) is 15.3. The lowest BCUT2D eigenvalue weighted by Gasteiger charge is -2.38. The van der Waals surface area contributed by atoms with Crippen LogP contribution in [-0.2, 0) is 5.60 Å². The summed E-state index contributed by atoms with van der Waals surface area (Å²) in [5.74, 6) is 0.406. The van der Waals surface area contributed by atoms with Crippen molar-refractivity contribution in [1.82, 2.24) is 4.98 Å². The van der Waals surface area contributed by atoms with Gasteiger partial charge in [0.05, 0.1) is 6.20 Å². The predicted molar refractivity (Wildman–Crippen MR) is 67.1 cm³/mol. The van der Waals surface area contributed by atoms with Crippen LogP contribution in [0.4, 0.5) is 0 Å². The Bertz CT molecular complexity index is 511. The molecule has 4 nitrogen and oxygen atoms in total. The molecule has 0 aliphatic carbocycles. The zero-order valence-corrected chi connectivity index (χ0v) is 10.7. The van der Waals surface area contributed by atoms with Gasteiger partial charge in [-0.05, 0) is 17.7 Å². The molecule has 4 heteroatoms. The molecule has 2 rings (SSSR count). The van der Waals surface area contributed by atoms with Gasteiger partial charge in [0, 0.05) is 5.41 Å². The van der Waals surface area contributed by atoms with Crippen molar-refractivity contribution in [3.8, 4) is 5.75 Å². The van der Waals surface area contributed by atoms with E-state index >= 15 is 0 Å². The lowest BCUT2D eigenvalue weighted by Crippen LogP contribution is -2.41. The summed E-state index contributed by atoms with van der Waals surface area (Å²) in [5, 5.41) is 20.4. The number of phenols is 1. The van der Waals surface area contributed by atoms with Gasteiger partial charge in [0.2, 0.25) is 5.89 Å². The molecule has 18 heavy (non-hydrogen) atoms. The average molecular weight is 247 g/mol. The molecular formula is C14H17NO3. The first-order valence-electron chi connectivity index (χ1n) is 5.77. The van der Waals surface area contributed by atoms with E-state index in [4.69, 9.17) is 4.42 Å². The molecule has 2 aromatic rings. The van der Waals surface area contributed by atoms with Gasteiger partial charge in [-0.3, -0.25) is 0 Å². The number of aromatic hydroxyl groups is 1. The van der Waals surface area contributed by atoms with E-state index in [1.54, 1.807) is 12.1 Å². The first-order valence-corrected chi connectivity index (χ1v) is 5.77. The molecule has 1 heterocycles. The molecule has 96 valence electrons. The van der Waals surface area contributed by atoms with Gasteiger partial charge >= 0.3 is 0 Å². The third-order valence-corrected chi connectivity index (χ3v) is 3.11. The molecule has 0 saturated heterocycles. The smallest absolute Gasteiger partial charge is 0.231 e. The largest absolute Gasteiger partial charge is 0.508 e. The fraction of sp³-hybridized carbons (Fsp3) is 0.357. The maximum Gasteiger partial charge on any atom is 0.231 e. The highest BCUT2D eigenvalue weighted by Crippen LogP contribution is 2.44. The van der Waals surface area contributed by atoms with Gasteiger partial charge in [-0.1, -0.05) is 32.9 Å². The lowest BCUT2D eigenvalue weighted by molar-refractivity contribution is -0.0475. The second-order valence-electron chi connectivity index (χ2n) is 5.34. The summed E-state index contributed by atoms with van der Waals surface area (Å²) in [7, 11) is 0. The maximum absolute atomic E-state index is 11.0.